The second-order valence-electron chi connectivity index (χ2n) is 12.1. The van der Waals surface area contributed by atoms with Crippen LogP contribution in [0, 0.1) is 58.7 Å². The van der Waals surface area contributed by atoms with Crippen LogP contribution < -0.4 is 4.74 Å². The molecule has 4 rings (SSSR count). The predicted octanol–water partition coefficient (Wildman–Crippen LogP) is 7.42. The molecule has 2 aromatic rings. The lowest BCUT2D eigenvalue weighted by molar-refractivity contribution is -0.143. The molecule has 2 aliphatic rings. The highest BCUT2D eigenvalue weighted by atomic mass is 28.4. The van der Waals surface area contributed by atoms with E-state index in [1.165, 1.54) is 12.1 Å². The van der Waals surface area contributed by atoms with E-state index in [0.29, 0.717) is 24.0 Å². The fourth-order valence-electron chi connectivity index (χ4n) is 4.30. The zero-order chi connectivity index (χ0) is 33.1. The van der Waals surface area contributed by atoms with Crippen molar-refractivity contribution < 1.29 is 45.4 Å². The number of benzene rings is 2. The van der Waals surface area contributed by atoms with Gasteiger partial charge in [0.05, 0.1) is 12.5 Å². The monoisotopic (exact) mass is 642 g/mol. The zero-order valence-electron chi connectivity index (χ0n) is 25.3. The molecule has 0 saturated carbocycles. The van der Waals surface area contributed by atoms with Gasteiger partial charge in [-0.2, -0.15) is 8.78 Å². The van der Waals surface area contributed by atoms with Gasteiger partial charge in [-0.15, -0.1) is 0 Å². The number of ketones is 1. The third kappa shape index (κ3) is 7.45. The highest BCUT2D eigenvalue weighted by Crippen LogP contribution is 2.41. The number of rotatable bonds is 8. The van der Waals surface area contributed by atoms with E-state index in [0.717, 1.165) is 0 Å². The van der Waals surface area contributed by atoms with Crippen molar-refractivity contribution in [2.45, 2.75) is 70.6 Å². The number of ether oxygens (including phenoxy) is 2. The van der Waals surface area contributed by atoms with Crippen molar-refractivity contribution in [3.05, 3.63) is 88.3 Å². The van der Waals surface area contributed by atoms with E-state index >= 15 is 0 Å². The van der Waals surface area contributed by atoms with E-state index in [-0.39, 0.29) is 18.0 Å². The van der Waals surface area contributed by atoms with Crippen LogP contribution in [0.2, 0.25) is 18.1 Å². The van der Waals surface area contributed by atoms with Gasteiger partial charge in [0.15, 0.2) is 20.2 Å². The summed E-state index contributed by atoms with van der Waals surface area (Å²) in [6.07, 6.45) is 3.90. The Balaban J connectivity index is 1.59. The van der Waals surface area contributed by atoms with E-state index < -0.39 is 72.3 Å². The minimum absolute atomic E-state index is 0.0348. The van der Waals surface area contributed by atoms with Crippen LogP contribution in [0.4, 0.5) is 22.0 Å². The summed E-state index contributed by atoms with van der Waals surface area (Å²) in [5.41, 5.74) is 1.29. The molecule has 2 aliphatic carbocycles. The van der Waals surface area contributed by atoms with Gasteiger partial charge >= 0.3 is 5.97 Å². The third-order valence-corrected chi connectivity index (χ3v) is 12.4. The first-order valence-electron chi connectivity index (χ1n) is 14.1. The Kier molecular flexibility index (Phi) is 10.2. The van der Waals surface area contributed by atoms with Crippen LogP contribution in [0.15, 0.2) is 48.1 Å². The van der Waals surface area contributed by atoms with Gasteiger partial charge in [-0.3, -0.25) is 4.79 Å². The largest absolute Gasteiger partial charge is 0.418 e. The lowest BCUT2D eigenvalue weighted by atomic mass is 9.85. The molecule has 3 unspecified atom stereocenters. The second kappa shape index (κ2) is 13.5. The molecule has 0 amide bonds. The standard InChI is InChI=1S/C34H31F5O5Si/c1-34(2,3)45(4,5)44-31(33(41)43-32-28(38)26(36)25(35)27(37)29(32)39)22-17-15-20(16-18-22)19-42-24-14-9-7-6-8-11-21-12-10-13-23(24)30(21)40/h6-7,13,15-18,21,24,31H,10,12,19H2,1-5H3/b7-6-. The molecule has 0 heterocycles. The molecule has 0 N–H and O–H groups in total. The maximum atomic E-state index is 14.4. The first kappa shape index (κ1) is 33.9. The molecular formula is C34H31F5O5Si. The number of esters is 1. The van der Waals surface area contributed by atoms with Crippen LogP contribution in [-0.2, 0) is 25.4 Å². The molecule has 3 atom stereocenters. The summed E-state index contributed by atoms with van der Waals surface area (Å²) < 4.78 is 86.9. The van der Waals surface area contributed by atoms with Crippen LogP contribution in [0.5, 0.6) is 5.75 Å². The van der Waals surface area contributed by atoms with Gasteiger partial charge in [-0.25, -0.2) is 18.0 Å². The molecule has 2 aromatic carbocycles. The lowest BCUT2D eigenvalue weighted by Crippen LogP contribution is -2.44. The minimum atomic E-state index is -2.76. The molecule has 0 radical (unpaired) electrons. The molecule has 11 heteroatoms. The molecule has 0 aromatic heterocycles. The first-order chi connectivity index (χ1) is 21.1. The Morgan fingerprint density at radius 1 is 0.933 bits per heavy atom. The Hall–Kier alpha value is -4.03. The quantitative estimate of drug-likeness (QED) is 0.0571. The number of hydrogen-bond donors (Lipinski definition) is 0. The number of halogens is 5. The summed E-state index contributed by atoms with van der Waals surface area (Å²) in [6, 6.07) is 6.24. The van der Waals surface area contributed by atoms with Crippen molar-refractivity contribution in [3.63, 3.8) is 0 Å². The van der Waals surface area contributed by atoms with Gasteiger partial charge < -0.3 is 13.9 Å². The number of hydrogen-bond acceptors (Lipinski definition) is 5. The zero-order valence-corrected chi connectivity index (χ0v) is 26.3. The van der Waals surface area contributed by atoms with Crippen molar-refractivity contribution in [2.24, 2.45) is 5.92 Å². The average molecular weight is 643 g/mol. The fourth-order valence-corrected chi connectivity index (χ4v) is 5.47. The van der Waals surface area contributed by atoms with Crippen LogP contribution in [0.25, 0.3) is 0 Å². The second-order valence-corrected chi connectivity index (χ2v) is 16.8. The van der Waals surface area contributed by atoms with E-state index in [1.54, 1.807) is 24.3 Å². The van der Waals surface area contributed by atoms with Gasteiger partial charge in [-0.05, 0) is 54.3 Å². The summed E-state index contributed by atoms with van der Waals surface area (Å²) in [6.45, 7) is 9.36. The number of carbonyl (C=O) groups excluding carboxylic acids is 2. The van der Waals surface area contributed by atoms with Crippen LogP contribution in [0.1, 0.15) is 50.8 Å². The molecule has 0 saturated heterocycles. The number of allylic oxidation sites excluding steroid dienone is 3. The molecule has 0 fully saturated rings. The first-order valence-corrected chi connectivity index (χ1v) is 17.1. The van der Waals surface area contributed by atoms with E-state index in [1.807, 2.05) is 39.9 Å². The van der Waals surface area contributed by atoms with Crippen molar-refractivity contribution in [3.8, 4) is 29.4 Å². The van der Waals surface area contributed by atoms with Crippen LogP contribution in [0.3, 0.4) is 0 Å². The van der Waals surface area contributed by atoms with E-state index in [2.05, 4.69) is 23.7 Å². The van der Waals surface area contributed by atoms with Gasteiger partial charge in [0.2, 0.25) is 34.8 Å². The van der Waals surface area contributed by atoms with Crippen LogP contribution >= 0.6 is 0 Å². The van der Waals surface area contributed by atoms with Crippen molar-refractivity contribution in [2.75, 3.05) is 0 Å². The number of Topliss-reactive ketones (excluding diaryl/α,β-unsaturated/α-hetero) is 1. The molecule has 5 nitrogen and oxygen atoms in total. The van der Waals surface area contributed by atoms with Crippen molar-refractivity contribution >= 4 is 20.1 Å². The Labute approximate surface area is 259 Å². The van der Waals surface area contributed by atoms with Crippen molar-refractivity contribution in [1.82, 2.24) is 0 Å². The number of carbonyl (C=O) groups is 2. The molecular weight excluding hydrogens is 611 g/mol. The predicted molar refractivity (Wildman–Crippen MR) is 158 cm³/mol. The van der Waals surface area contributed by atoms with Gasteiger partial charge in [0, 0.05) is 5.57 Å². The topological polar surface area (TPSA) is 61.8 Å². The lowest BCUT2D eigenvalue weighted by Gasteiger charge is -2.38. The van der Waals surface area contributed by atoms with Crippen LogP contribution in [-0.4, -0.2) is 26.2 Å². The third-order valence-electron chi connectivity index (χ3n) is 7.93. The molecule has 0 spiro atoms. The van der Waals surface area contributed by atoms with Gasteiger partial charge in [0.25, 0.3) is 0 Å². The van der Waals surface area contributed by atoms with E-state index in [9.17, 15) is 31.5 Å². The summed E-state index contributed by atoms with van der Waals surface area (Å²) in [4.78, 5) is 26.3. The van der Waals surface area contributed by atoms with E-state index in [4.69, 9.17) is 13.9 Å². The van der Waals surface area contributed by atoms with Gasteiger partial charge in [0.1, 0.15) is 6.10 Å². The fraction of sp³-hybridized carbons (Fsp3) is 0.353. The highest BCUT2D eigenvalue weighted by molar-refractivity contribution is 6.74. The smallest absolute Gasteiger partial charge is 0.344 e. The minimum Gasteiger partial charge on any atom is -0.418 e. The summed E-state index contributed by atoms with van der Waals surface area (Å²) in [5, 5.41) is -0.425. The highest BCUT2D eigenvalue weighted by Gasteiger charge is 2.42. The molecule has 45 heavy (non-hydrogen) atoms. The van der Waals surface area contributed by atoms with Gasteiger partial charge in [-0.1, -0.05) is 74.8 Å². The average Bonchev–Trinajstić information content (AvgIpc) is 2.99. The Morgan fingerprint density at radius 2 is 1.51 bits per heavy atom. The Bertz CT molecular complexity index is 1650. The maximum absolute atomic E-state index is 14.4. The SMILES string of the molecule is CC(C)(C)[Si](C)(C)OC(C(=O)Oc1c(F)c(F)c(F)c(F)c1F)c1ccc(COC2C#C/C=C\C#CC3CCC=C2C3=O)cc1. The van der Waals surface area contributed by atoms with Crippen molar-refractivity contribution in [1.29, 1.82) is 0 Å². The summed E-state index contributed by atoms with van der Waals surface area (Å²) >= 11 is 0. The normalized spacial score (nSPS) is 19.3. The summed E-state index contributed by atoms with van der Waals surface area (Å²) in [7, 11) is -2.76. The molecule has 2 bridgehead atoms. The molecule has 0 aliphatic heterocycles. The number of fused-ring (bicyclic) bond motifs is 2. The summed E-state index contributed by atoms with van der Waals surface area (Å²) in [5.74, 6) is -3.48. The Morgan fingerprint density at radius 3 is 2.11 bits per heavy atom. The molecule has 236 valence electrons. The maximum Gasteiger partial charge on any atom is 0.344 e.